The first-order chi connectivity index (χ1) is 24.3. The van der Waals surface area contributed by atoms with Crippen molar-refractivity contribution < 1.29 is 0 Å². The molecule has 0 aliphatic rings. The fourth-order valence-corrected chi connectivity index (χ4v) is 9.88. The molecule has 0 aliphatic carbocycles. The lowest BCUT2D eigenvalue weighted by Gasteiger charge is -2.30. The van der Waals surface area contributed by atoms with Crippen LogP contribution in [-0.2, 0) is 0 Å². The first kappa shape index (κ1) is 28.3. The smallest absolute Gasteiger partial charge is 0.0718 e. The molecule has 0 saturated carbocycles. The highest BCUT2D eigenvalue weighted by Gasteiger charge is 2.24. The fraction of sp³-hybridized carbons (Fsp3) is 0. The Bertz CT molecular complexity index is 2820. The second kappa shape index (κ2) is 11.5. The molecule has 0 unspecified atom stereocenters. The highest BCUT2D eigenvalue weighted by Crippen LogP contribution is 2.51. The molecule has 1 nitrogen and oxygen atoms in total. The zero-order valence-corrected chi connectivity index (χ0v) is 28.1. The van der Waals surface area contributed by atoms with Crippen LogP contribution in [0.3, 0.4) is 0 Å². The quantitative estimate of drug-likeness (QED) is 0.178. The minimum Gasteiger partial charge on any atom is -0.308 e. The highest BCUT2D eigenvalue weighted by molar-refractivity contribution is 7.26. The molecule has 10 rings (SSSR count). The van der Waals surface area contributed by atoms with Crippen molar-refractivity contribution in [2.24, 2.45) is 0 Å². The lowest BCUT2D eigenvalue weighted by molar-refractivity contribution is 1.32. The summed E-state index contributed by atoms with van der Waals surface area (Å²) in [7, 11) is 0. The number of hydrogen-bond donors (Lipinski definition) is 0. The van der Waals surface area contributed by atoms with Crippen molar-refractivity contribution in [3.8, 4) is 22.3 Å². The van der Waals surface area contributed by atoms with Crippen LogP contribution in [0.5, 0.6) is 0 Å². The van der Waals surface area contributed by atoms with Crippen LogP contribution >= 0.6 is 22.7 Å². The number of nitrogens with zero attached hydrogens (tertiary/aromatic N) is 1. The van der Waals surface area contributed by atoms with Crippen molar-refractivity contribution in [2.45, 2.75) is 0 Å². The van der Waals surface area contributed by atoms with Gasteiger partial charge < -0.3 is 4.90 Å². The van der Waals surface area contributed by atoms with Crippen molar-refractivity contribution >= 4 is 90.9 Å². The van der Waals surface area contributed by atoms with Gasteiger partial charge in [0.1, 0.15) is 0 Å². The highest BCUT2D eigenvalue weighted by atomic mass is 32.1. The van der Waals surface area contributed by atoms with Crippen molar-refractivity contribution in [2.75, 3.05) is 4.90 Å². The maximum Gasteiger partial charge on any atom is 0.0718 e. The van der Waals surface area contributed by atoms with Crippen LogP contribution in [0.15, 0.2) is 176 Å². The van der Waals surface area contributed by atoms with E-state index in [4.69, 9.17) is 0 Å². The predicted octanol–water partition coefficient (Wildman–Crippen LogP) is 14.4. The summed E-state index contributed by atoms with van der Waals surface area (Å²) in [5.41, 5.74) is 8.42. The number of rotatable bonds is 5. The molecule has 0 spiro atoms. The first-order valence-corrected chi connectivity index (χ1v) is 18.2. The van der Waals surface area contributed by atoms with Crippen molar-refractivity contribution in [1.82, 2.24) is 0 Å². The molecule has 0 radical (unpaired) electrons. The molecule has 0 amide bonds. The zero-order valence-electron chi connectivity index (χ0n) is 26.5. The summed E-state index contributed by atoms with van der Waals surface area (Å²) in [5.74, 6) is 0. The topological polar surface area (TPSA) is 3.24 Å². The Morgan fingerprint density at radius 2 is 0.918 bits per heavy atom. The van der Waals surface area contributed by atoms with E-state index in [9.17, 15) is 0 Å². The van der Waals surface area contributed by atoms with Gasteiger partial charge in [-0.05, 0) is 52.4 Å². The third-order valence-corrected chi connectivity index (χ3v) is 12.1. The number of fused-ring (bicyclic) bond motifs is 7. The summed E-state index contributed by atoms with van der Waals surface area (Å²) >= 11 is 3.77. The molecule has 0 atom stereocenters. The van der Waals surface area contributed by atoms with Crippen LogP contribution in [0.1, 0.15) is 0 Å². The van der Waals surface area contributed by atoms with Gasteiger partial charge in [-0.25, -0.2) is 0 Å². The van der Waals surface area contributed by atoms with E-state index in [1.807, 2.05) is 22.7 Å². The molecule has 3 heteroatoms. The van der Waals surface area contributed by atoms with Gasteiger partial charge in [-0.3, -0.25) is 0 Å². The van der Waals surface area contributed by atoms with Crippen LogP contribution in [0, 0.1) is 0 Å². The van der Waals surface area contributed by atoms with Crippen molar-refractivity contribution in [3.63, 3.8) is 0 Å². The molecule has 2 heterocycles. The average Bonchev–Trinajstić information content (AvgIpc) is 3.75. The second-order valence-corrected chi connectivity index (χ2v) is 14.6. The molecule has 2 aromatic heterocycles. The Balaban J connectivity index is 1.25. The van der Waals surface area contributed by atoms with E-state index in [0.717, 1.165) is 5.69 Å². The summed E-state index contributed by atoms with van der Waals surface area (Å²) in [6.45, 7) is 0. The molecular weight excluding hydrogens is 631 g/mol. The molecular formula is C46H29NS2. The van der Waals surface area contributed by atoms with Crippen molar-refractivity contribution in [1.29, 1.82) is 0 Å². The Hall–Kier alpha value is -5.74. The van der Waals surface area contributed by atoms with Crippen LogP contribution < -0.4 is 4.90 Å². The summed E-state index contributed by atoms with van der Waals surface area (Å²) in [6, 6.07) is 64.4. The molecule has 230 valence electrons. The maximum atomic E-state index is 2.51. The zero-order chi connectivity index (χ0) is 32.3. The minimum absolute atomic E-state index is 1.13. The number of anilines is 3. The summed E-state index contributed by atoms with van der Waals surface area (Å²) in [6.07, 6.45) is 0. The van der Waals surface area contributed by atoms with E-state index in [1.165, 1.54) is 84.7 Å². The maximum absolute atomic E-state index is 2.51. The second-order valence-electron chi connectivity index (χ2n) is 12.5. The van der Waals surface area contributed by atoms with Gasteiger partial charge in [-0.2, -0.15) is 0 Å². The first-order valence-electron chi connectivity index (χ1n) is 16.6. The molecule has 10 aromatic rings. The van der Waals surface area contributed by atoms with E-state index >= 15 is 0 Å². The summed E-state index contributed by atoms with van der Waals surface area (Å²) in [4.78, 5) is 2.51. The van der Waals surface area contributed by atoms with E-state index in [2.05, 4.69) is 181 Å². The van der Waals surface area contributed by atoms with E-state index in [-0.39, 0.29) is 0 Å². The van der Waals surface area contributed by atoms with E-state index in [1.54, 1.807) is 0 Å². The molecule has 49 heavy (non-hydrogen) atoms. The van der Waals surface area contributed by atoms with Gasteiger partial charge in [0.25, 0.3) is 0 Å². The largest absolute Gasteiger partial charge is 0.308 e. The Labute approximate surface area is 292 Å². The molecule has 0 saturated heterocycles. The van der Waals surface area contributed by atoms with Crippen LogP contribution in [-0.4, -0.2) is 0 Å². The summed E-state index contributed by atoms with van der Waals surface area (Å²) < 4.78 is 5.25. The van der Waals surface area contributed by atoms with Gasteiger partial charge in [0.05, 0.1) is 16.1 Å². The third kappa shape index (κ3) is 4.58. The molecule has 0 bridgehead atoms. The van der Waals surface area contributed by atoms with Crippen LogP contribution in [0.25, 0.3) is 73.4 Å². The van der Waals surface area contributed by atoms with Gasteiger partial charge in [0.2, 0.25) is 0 Å². The fourth-order valence-electron chi connectivity index (χ4n) is 7.40. The molecule has 0 aliphatic heterocycles. The predicted molar refractivity (Wildman–Crippen MR) is 215 cm³/mol. The molecule has 0 N–H and O–H groups in total. The average molecular weight is 660 g/mol. The normalized spacial score (nSPS) is 11.7. The van der Waals surface area contributed by atoms with Gasteiger partial charge >= 0.3 is 0 Å². The standard InChI is InChI=1S/C46H29NS2/c1-2-12-31(13-3-1)35-28-29-40-38-18-7-9-23-43(38)49-46(40)44(35)47(41-21-10-15-30-14-4-5-16-34(30)41)33-26-24-32(25-27-33)36-19-11-20-39-37-17-6-8-22-42(37)48-45(36)39/h1-29H. The number of hydrogen-bond acceptors (Lipinski definition) is 3. The minimum atomic E-state index is 1.13. The molecule has 8 aromatic carbocycles. The number of thiophene rings is 2. The molecule has 0 fully saturated rings. The SMILES string of the molecule is c1ccc(-c2ccc3c(sc4ccccc43)c2N(c2ccc(-c3cccc4c3sc3ccccc34)cc2)c2cccc3ccccc23)cc1. The van der Waals surface area contributed by atoms with E-state index in [0.29, 0.717) is 0 Å². The Kier molecular flexibility index (Phi) is 6.61. The van der Waals surface area contributed by atoms with Crippen LogP contribution in [0.2, 0.25) is 0 Å². The monoisotopic (exact) mass is 659 g/mol. The van der Waals surface area contributed by atoms with Crippen molar-refractivity contribution in [3.05, 3.63) is 176 Å². The third-order valence-electron chi connectivity index (χ3n) is 9.68. The lowest BCUT2D eigenvalue weighted by atomic mass is 9.98. The Morgan fingerprint density at radius 3 is 1.69 bits per heavy atom. The Morgan fingerprint density at radius 1 is 0.347 bits per heavy atom. The van der Waals surface area contributed by atoms with Crippen LogP contribution in [0.4, 0.5) is 17.1 Å². The van der Waals surface area contributed by atoms with Gasteiger partial charge in [-0.1, -0.05) is 146 Å². The summed E-state index contributed by atoms with van der Waals surface area (Å²) in [5, 5.41) is 7.68. The van der Waals surface area contributed by atoms with E-state index < -0.39 is 0 Å². The lowest BCUT2D eigenvalue weighted by Crippen LogP contribution is -2.12. The number of benzene rings is 8. The van der Waals surface area contributed by atoms with Gasteiger partial charge in [-0.15, -0.1) is 22.7 Å². The van der Waals surface area contributed by atoms with Gasteiger partial charge in [0, 0.05) is 52.3 Å². The van der Waals surface area contributed by atoms with Gasteiger partial charge in [0.15, 0.2) is 0 Å².